The highest BCUT2D eigenvalue weighted by Crippen LogP contribution is 2.21. The number of nitrogens with one attached hydrogen (secondary N) is 1. The molecule has 6 nitrogen and oxygen atoms in total. The molecule has 1 aliphatic carbocycles. The van der Waals surface area contributed by atoms with E-state index in [1.807, 2.05) is 24.1 Å². The van der Waals surface area contributed by atoms with Gasteiger partial charge in [0.25, 0.3) is 0 Å². The maximum Gasteiger partial charge on any atom is 0.317 e. The van der Waals surface area contributed by atoms with Crippen LogP contribution in [0.2, 0.25) is 0 Å². The van der Waals surface area contributed by atoms with E-state index in [9.17, 15) is 4.79 Å². The van der Waals surface area contributed by atoms with Crippen molar-refractivity contribution in [1.82, 2.24) is 25.1 Å². The van der Waals surface area contributed by atoms with Gasteiger partial charge in [0, 0.05) is 43.6 Å². The summed E-state index contributed by atoms with van der Waals surface area (Å²) in [5, 5.41) is 3.20. The predicted octanol–water partition coefficient (Wildman–Crippen LogP) is 2.17. The lowest BCUT2D eigenvalue weighted by atomic mass is 9.93. The van der Waals surface area contributed by atoms with E-state index in [2.05, 4.69) is 51.5 Å². The molecule has 142 valence electrons. The molecule has 0 bridgehead atoms. The summed E-state index contributed by atoms with van der Waals surface area (Å²) in [6.45, 7) is 4.42. The van der Waals surface area contributed by atoms with Crippen molar-refractivity contribution < 1.29 is 4.79 Å². The average Bonchev–Trinajstić information content (AvgIpc) is 2.61. The largest absolute Gasteiger partial charge is 0.335 e. The third-order valence-corrected chi connectivity index (χ3v) is 5.65. The zero-order valence-electron chi connectivity index (χ0n) is 16.1. The Labute approximate surface area is 160 Å². The zero-order valence-corrected chi connectivity index (χ0v) is 16.1. The Balaban J connectivity index is 1.24. The van der Waals surface area contributed by atoms with Crippen molar-refractivity contribution in [3.05, 3.63) is 59.2 Å². The van der Waals surface area contributed by atoms with E-state index in [1.54, 1.807) is 0 Å². The summed E-state index contributed by atoms with van der Waals surface area (Å²) in [5.41, 5.74) is 3.61. The molecule has 1 saturated heterocycles. The van der Waals surface area contributed by atoms with Gasteiger partial charge in [-0.25, -0.2) is 14.8 Å². The van der Waals surface area contributed by atoms with Gasteiger partial charge in [-0.15, -0.1) is 0 Å². The quantitative estimate of drug-likeness (QED) is 0.902. The van der Waals surface area contributed by atoms with Crippen molar-refractivity contribution in [3.63, 3.8) is 0 Å². The minimum atomic E-state index is 0.0563. The molecule has 1 unspecified atom stereocenters. The van der Waals surface area contributed by atoms with Crippen LogP contribution in [-0.2, 0) is 19.4 Å². The molecule has 0 saturated carbocycles. The van der Waals surface area contributed by atoms with Crippen LogP contribution in [0.4, 0.5) is 4.79 Å². The van der Waals surface area contributed by atoms with Crippen molar-refractivity contribution in [2.45, 2.75) is 44.8 Å². The van der Waals surface area contributed by atoms with Gasteiger partial charge in [-0.05, 0) is 44.4 Å². The molecule has 27 heavy (non-hydrogen) atoms. The van der Waals surface area contributed by atoms with E-state index in [-0.39, 0.29) is 12.1 Å². The fourth-order valence-electron chi connectivity index (χ4n) is 3.90. The van der Waals surface area contributed by atoms with E-state index in [0.717, 1.165) is 50.4 Å². The number of hydrogen-bond acceptors (Lipinski definition) is 4. The number of amides is 2. The SMILES string of the molecule is Cc1ncc2c(n1)CCC(NC(=O)N1CC(N(C)Cc3ccccc3)C1)C2. The minimum absolute atomic E-state index is 0.0563. The number of rotatable bonds is 4. The van der Waals surface area contributed by atoms with Crippen LogP contribution in [0.1, 0.15) is 29.1 Å². The molecule has 2 aliphatic rings. The molecule has 1 aliphatic heterocycles. The molecule has 2 amide bonds. The van der Waals surface area contributed by atoms with Gasteiger partial charge < -0.3 is 10.2 Å². The van der Waals surface area contributed by atoms with E-state index < -0.39 is 0 Å². The third-order valence-electron chi connectivity index (χ3n) is 5.65. The number of nitrogens with zero attached hydrogens (tertiary/aromatic N) is 4. The molecule has 0 radical (unpaired) electrons. The highest BCUT2D eigenvalue weighted by Gasteiger charge is 2.34. The maximum atomic E-state index is 12.6. The number of fused-ring (bicyclic) bond motifs is 1. The van der Waals surface area contributed by atoms with Crippen molar-refractivity contribution >= 4 is 6.03 Å². The first-order valence-electron chi connectivity index (χ1n) is 9.69. The molecule has 2 heterocycles. The van der Waals surface area contributed by atoms with Gasteiger partial charge >= 0.3 is 6.03 Å². The summed E-state index contributed by atoms with van der Waals surface area (Å²) in [5.74, 6) is 0.822. The normalized spacial score (nSPS) is 19.5. The van der Waals surface area contributed by atoms with Gasteiger partial charge in [-0.1, -0.05) is 30.3 Å². The van der Waals surface area contributed by atoms with Gasteiger partial charge in [0.2, 0.25) is 0 Å². The summed E-state index contributed by atoms with van der Waals surface area (Å²) in [6, 6.07) is 11.1. The first-order chi connectivity index (χ1) is 13.1. The maximum absolute atomic E-state index is 12.6. The second kappa shape index (κ2) is 7.64. The Morgan fingerprint density at radius 1 is 1.30 bits per heavy atom. The molecular weight excluding hydrogens is 338 g/mol. The number of carbonyl (C=O) groups excluding carboxylic acids is 1. The van der Waals surface area contributed by atoms with Gasteiger partial charge in [-0.3, -0.25) is 4.90 Å². The standard InChI is InChI=1S/C21H27N5O/c1-15-22-11-17-10-18(8-9-20(17)23-15)24-21(27)26-13-19(14-26)25(2)12-16-6-4-3-5-7-16/h3-7,11,18-19H,8-10,12-14H2,1-2H3,(H,24,27). The fourth-order valence-corrected chi connectivity index (χ4v) is 3.90. The molecule has 4 rings (SSSR count). The molecule has 1 atom stereocenters. The number of benzene rings is 1. The van der Waals surface area contributed by atoms with Crippen LogP contribution in [0.5, 0.6) is 0 Å². The molecule has 6 heteroatoms. The third kappa shape index (κ3) is 4.11. The van der Waals surface area contributed by atoms with Gasteiger partial charge in [0.05, 0.1) is 0 Å². The van der Waals surface area contributed by atoms with Gasteiger partial charge in [-0.2, -0.15) is 0 Å². The number of likely N-dealkylation sites (N-methyl/N-ethyl adjacent to an activating group) is 1. The summed E-state index contributed by atoms with van der Waals surface area (Å²) < 4.78 is 0. The van der Waals surface area contributed by atoms with Gasteiger partial charge in [0.1, 0.15) is 5.82 Å². The number of carbonyl (C=O) groups is 1. The highest BCUT2D eigenvalue weighted by atomic mass is 16.2. The lowest BCUT2D eigenvalue weighted by molar-refractivity contribution is 0.0672. The number of urea groups is 1. The van der Waals surface area contributed by atoms with Crippen LogP contribution >= 0.6 is 0 Å². The summed E-state index contributed by atoms with van der Waals surface area (Å²) in [4.78, 5) is 25.6. The zero-order chi connectivity index (χ0) is 18.8. The lowest BCUT2D eigenvalue weighted by Crippen LogP contribution is -2.63. The number of likely N-dealkylation sites (tertiary alicyclic amines) is 1. The second-order valence-electron chi connectivity index (χ2n) is 7.74. The summed E-state index contributed by atoms with van der Waals surface area (Å²) >= 11 is 0. The Morgan fingerprint density at radius 3 is 2.85 bits per heavy atom. The summed E-state index contributed by atoms with van der Waals surface area (Å²) in [6.07, 6.45) is 4.59. The van der Waals surface area contributed by atoms with Crippen LogP contribution in [0.15, 0.2) is 36.5 Å². The van der Waals surface area contributed by atoms with Crippen molar-refractivity contribution in [1.29, 1.82) is 0 Å². The Morgan fingerprint density at radius 2 is 2.07 bits per heavy atom. The number of aryl methyl sites for hydroxylation is 2. The second-order valence-corrected chi connectivity index (χ2v) is 7.74. The van der Waals surface area contributed by atoms with E-state index in [0.29, 0.717) is 6.04 Å². The molecule has 2 aromatic rings. The highest BCUT2D eigenvalue weighted by molar-refractivity contribution is 5.75. The predicted molar refractivity (Wildman–Crippen MR) is 104 cm³/mol. The van der Waals surface area contributed by atoms with Crippen LogP contribution in [-0.4, -0.2) is 58.0 Å². The first-order valence-corrected chi connectivity index (χ1v) is 9.69. The fraction of sp³-hybridized carbons (Fsp3) is 0.476. The van der Waals surface area contributed by atoms with Crippen molar-refractivity contribution in [3.8, 4) is 0 Å². The average molecular weight is 365 g/mol. The molecular formula is C21H27N5O. The number of aromatic nitrogens is 2. The lowest BCUT2D eigenvalue weighted by Gasteiger charge is -2.44. The molecule has 1 aromatic carbocycles. The minimum Gasteiger partial charge on any atom is -0.335 e. The van der Waals surface area contributed by atoms with Crippen LogP contribution in [0.25, 0.3) is 0 Å². The smallest absolute Gasteiger partial charge is 0.317 e. The van der Waals surface area contributed by atoms with Crippen molar-refractivity contribution in [2.75, 3.05) is 20.1 Å². The summed E-state index contributed by atoms with van der Waals surface area (Å²) in [7, 11) is 2.13. The molecule has 1 N–H and O–H groups in total. The van der Waals surface area contributed by atoms with Crippen LogP contribution in [0, 0.1) is 6.92 Å². The Hall–Kier alpha value is -2.47. The van der Waals surface area contributed by atoms with Gasteiger partial charge in [0.15, 0.2) is 0 Å². The van der Waals surface area contributed by atoms with Crippen molar-refractivity contribution in [2.24, 2.45) is 0 Å². The number of hydrogen-bond donors (Lipinski definition) is 1. The van der Waals surface area contributed by atoms with E-state index in [1.165, 1.54) is 11.1 Å². The van der Waals surface area contributed by atoms with E-state index in [4.69, 9.17) is 0 Å². The Bertz CT molecular complexity index is 803. The first kappa shape index (κ1) is 17.9. The van der Waals surface area contributed by atoms with Crippen LogP contribution < -0.4 is 5.32 Å². The van der Waals surface area contributed by atoms with Crippen LogP contribution in [0.3, 0.4) is 0 Å². The topological polar surface area (TPSA) is 61.4 Å². The molecule has 0 spiro atoms. The monoisotopic (exact) mass is 365 g/mol. The Kier molecular flexibility index (Phi) is 5.07. The molecule has 1 fully saturated rings. The molecule has 1 aromatic heterocycles. The van der Waals surface area contributed by atoms with E-state index >= 15 is 0 Å².